The molecule has 0 aliphatic carbocycles. The number of nitrogens with zero attached hydrogens (tertiary/aromatic N) is 4. The molecule has 0 spiro atoms. The van der Waals surface area contributed by atoms with Gasteiger partial charge >= 0.3 is 0 Å². The van der Waals surface area contributed by atoms with Crippen LogP contribution in [0.25, 0.3) is 5.57 Å². The Kier molecular flexibility index (Phi) is 6.93. The van der Waals surface area contributed by atoms with E-state index in [0.29, 0.717) is 55.4 Å². The summed E-state index contributed by atoms with van der Waals surface area (Å²) in [5.74, 6) is 1.08. The number of pyridine rings is 1. The van der Waals surface area contributed by atoms with Crippen molar-refractivity contribution in [3.05, 3.63) is 59.9 Å². The fraction of sp³-hybridized carbons (Fsp3) is 0.400. The van der Waals surface area contributed by atoms with Crippen LogP contribution in [0.5, 0.6) is 5.75 Å². The minimum absolute atomic E-state index is 0.0333. The number of methoxy groups -OCH3 is 1. The van der Waals surface area contributed by atoms with Gasteiger partial charge in [-0.3, -0.25) is 14.5 Å². The first kappa shape index (κ1) is 22.8. The molecule has 8 nitrogen and oxygen atoms in total. The second-order valence-electron chi connectivity index (χ2n) is 8.30. The monoisotopic (exact) mass is 450 g/mol. The molecule has 4 rings (SSSR count). The standard InChI is InChI=1S/C25H30N4O4/c1-18(2)33-17-16-29-24(30)22(19-7-9-20(32-3)10-8-19)23(25(29)31)28-14-12-27(13-15-28)21-6-4-5-11-26-21/h4-11,18H,12-17H2,1-3H3. The van der Waals surface area contributed by atoms with Gasteiger partial charge < -0.3 is 19.3 Å². The minimum atomic E-state index is -0.278. The summed E-state index contributed by atoms with van der Waals surface area (Å²) in [6, 6.07) is 13.1. The molecule has 2 aliphatic rings. The Bertz CT molecular complexity index is 1010. The van der Waals surface area contributed by atoms with Crippen LogP contribution in [-0.2, 0) is 14.3 Å². The molecule has 1 saturated heterocycles. The molecule has 33 heavy (non-hydrogen) atoms. The smallest absolute Gasteiger partial charge is 0.277 e. The van der Waals surface area contributed by atoms with Gasteiger partial charge in [-0.15, -0.1) is 0 Å². The Morgan fingerprint density at radius 1 is 0.939 bits per heavy atom. The lowest BCUT2D eigenvalue weighted by molar-refractivity contribution is -0.138. The summed E-state index contributed by atoms with van der Waals surface area (Å²) >= 11 is 0. The minimum Gasteiger partial charge on any atom is -0.497 e. The Balaban J connectivity index is 1.59. The first-order valence-electron chi connectivity index (χ1n) is 11.3. The molecule has 0 saturated carbocycles. The highest BCUT2D eigenvalue weighted by molar-refractivity contribution is 6.35. The number of ether oxygens (including phenoxy) is 2. The van der Waals surface area contributed by atoms with Gasteiger partial charge in [-0.1, -0.05) is 18.2 Å². The molecule has 2 amide bonds. The first-order valence-corrected chi connectivity index (χ1v) is 11.3. The number of hydrogen-bond acceptors (Lipinski definition) is 7. The number of hydrogen-bond donors (Lipinski definition) is 0. The predicted octanol–water partition coefficient (Wildman–Crippen LogP) is 2.42. The lowest BCUT2D eigenvalue weighted by Gasteiger charge is -2.37. The molecule has 0 atom stereocenters. The maximum absolute atomic E-state index is 13.4. The van der Waals surface area contributed by atoms with Crippen molar-refractivity contribution in [3.8, 4) is 5.75 Å². The SMILES string of the molecule is COc1ccc(C2=C(N3CCN(c4ccccn4)CC3)C(=O)N(CCOC(C)C)C2=O)cc1. The molecule has 174 valence electrons. The van der Waals surface area contributed by atoms with Crippen LogP contribution in [0.1, 0.15) is 19.4 Å². The van der Waals surface area contributed by atoms with Gasteiger partial charge in [0, 0.05) is 32.4 Å². The van der Waals surface area contributed by atoms with E-state index >= 15 is 0 Å². The van der Waals surface area contributed by atoms with E-state index in [0.717, 1.165) is 5.82 Å². The van der Waals surface area contributed by atoms with Crippen LogP contribution in [0, 0.1) is 0 Å². The van der Waals surface area contributed by atoms with Crippen molar-refractivity contribution in [2.75, 3.05) is 51.3 Å². The van der Waals surface area contributed by atoms with Crippen LogP contribution >= 0.6 is 0 Å². The highest BCUT2D eigenvalue weighted by Gasteiger charge is 2.42. The maximum Gasteiger partial charge on any atom is 0.277 e. The van der Waals surface area contributed by atoms with Gasteiger partial charge in [0.05, 0.1) is 31.9 Å². The van der Waals surface area contributed by atoms with E-state index < -0.39 is 0 Å². The second-order valence-corrected chi connectivity index (χ2v) is 8.30. The molecule has 2 aromatic rings. The summed E-state index contributed by atoms with van der Waals surface area (Å²) in [6.45, 7) is 7.09. The number of carbonyl (C=O) groups excluding carboxylic acids is 2. The second kappa shape index (κ2) is 10.0. The van der Waals surface area contributed by atoms with Crippen LogP contribution in [-0.4, -0.2) is 79.1 Å². The molecule has 3 heterocycles. The van der Waals surface area contributed by atoms with Crippen molar-refractivity contribution >= 4 is 23.2 Å². The largest absolute Gasteiger partial charge is 0.497 e. The third kappa shape index (κ3) is 4.85. The molecule has 1 aromatic heterocycles. The average molecular weight is 451 g/mol. The number of piperazine rings is 1. The molecular weight excluding hydrogens is 420 g/mol. The van der Waals surface area contributed by atoms with Crippen LogP contribution in [0.15, 0.2) is 54.4 Å². The van der Waals surface area contributed by atoms with Crippen molar-refractivity contribution in [1.82, 2.24) is 14.8 Å². The molecule has 2 aliphatic heterocycles. The van der Waals surface area contributed by atoms with Crippen molar-refractivity contribution in [3.63, 3.8) is 0 Å². The van der Waals surface area contributed by atoms with Crippen molar-refractivity contribution in [2.45, 2.75) is 20.0 Å². The van der Waals surface area contributed by atoms with E-state index in [9.17, 15) is 9.59 Å². The molecule has 0 bridgehead atoms. The lowest BCUT2D eigenvalue weighted by Crippen LogP contribution is -2.48. The quantitative estimate of drug-likeness (QED) is 0.572. The first-order chi connectivity index (χ1) is 16.0. The number of carbonyl (C=O) groups is 2. The summed E-state index contributed by atoms with van der Waals surface area (Å²) < 4.78 is 10.9. The Morgan fingerprint density at radius 2 is 1.64 bits per heavy atom. The average Bonchev–Trinajstić information content (AvgIpc) is 3.09. The summed E-state index contributed by atoms with van der Waals surface area (Å²) in [7, 11) is 1.60. The van der Waals surface area contributed by atoms with E-state index in [1.165, 1.54) is 4.90 Å². The van der Waals surface area contributed by atoms with Crippen LogP contribution < -0.4 is 9.64 Å². The summed E-state index contributed by atoms with van der Waals surface area (Å²) in [5.41, 5.74) is 1.62. The fourth-order valence-electron chi connectivity index (χ4n) is 4.16. The van der Waals surface area contributed by atoms with E-state index in [2.05, 4.69) is 9.88 Å². The molecular formula is C25H30N4O4. The van der Waals surface area contributed by atoms with E-state index in [1.54, 1.807) is 25.4 Å². The molecule has 0 radical (unpaired) electrons. The number of benzene rings is 1. The zero-order valence-electron chi connectivity index (χ0n) is 19.4. The zero-order chi connectivity index (χ0) is 23.4. The predicted molar refractivity (Wildman–Crippen MR) is 126 cm³/mol. The van der Waals surface area contributed by atoms with Crippen LogP contribution in [0.2, 0.25) is 0 Å². The van der Waals surface area contributed by atoms with E-state index in [4.69, 9.17) is 9.47 Å². The van der Waals surface area contributed by atoms with Gasteiger partial charge in [0.15, 0.2) is 0 Å². The number of amides is 2. The Morgan fingerprint density at radius 3 is 2.24 bits per heavy atom. The normalized spacial score (nSPS) is 16.9. The summed E-state index contributed by atoms with van der Waals surface area (Å²) in [5, 5.41) is 0. The number of anilines is 1. The van der Waals surface area contributed by atoms with Crippen molar-refractivity contribution < 1.29 is 19.1 Å². The lowest BCUT2D eigenvalue weighted by atomic mass is 10.0. The fourth-order valence-corrected chi connectivity index (χ4v) is 4.16. The van der Waals surface area contributed by atoms with Crippen molar-refractivity contribution in [2.24, 2.45) is 0 Å². The van der Waals surface area contributed by atoms with Gasteiger partial charge in [-0.25, -0.2) is 4.98 Å². The summed E-state index contributed by atoms with van der Waals surface area (Å²) in [6.07, 6.45) is 1.81. The zero-order valence-corrected chi connectivity index (χ0v) is 19.4. The van der Waals surface area contributed by atoms with Gasteiger partial charge in [0.25, 0.3) is 11.8 Å². The molecule has 8 heteroatoms. The Hall–Kier alpha value is -3.39. The van der Waals surface area contributed by atoms with Gasteiger partial charge in [-0.2, -0.15) is 0 Å². The molecule has 0 unspecified atom stereocenters. The molecule has 1 aromatic carbocycles. The highest BCUT2D eigenvalue weighted by atomic mass is 16.5. The topological polar surface area (TPSA) is 75.2 Å². The number of rotatable bonds is 8. The van der Waals surface area contributed by atoms with E-state index in [-0.39, 0.29) is 24.5 Å². The molecule has 1 fully saturated rings. The maximum atomic E-state index is 13.4. The van der Waals surface area contributed by atoms with Crippen LogP contribution in [0.3, 0.4) is 0 Å². The summed E-state index contributed by atoms with van der Waals surface area (Å²) in [4.78, 5) is 36.8. The highest BCUT2D eigenvalue weighted by Crippen LogP contribution is 2.33. The number of imide groups is 1. The third-order valence-corrected chi connectivity index (χ3v) is 5.86. The van der Waals surface area contributed by atoms with Crippen LogP contribution in [0.4, 0.5) is 5.82 Å². The molecule has 0 N–H and O–H groups in total. The Labute approximate surface area is 194 Å². The van der Waals surface area contributed by atoms with Gasteiger partial charge in [0.2, 0.25) is 0 Å². The van der Waals surface area contributed by atoms with E-state index in [1.807, 2.05) is 49.1 Å². The van der Waals surface area contributed by atoms with Gasteiger partial charge in [-0.05, 0) is 43.7 Å². The van der Waals surface area contributed by atoms with Crippen molar-refractivity contribution in [1.29, 1.82) is 0 Å². The third-order valence-electron chi connectivity index (χ3n) is 5.86. The van der Waals surface area contributed by atoms with Gasteiger partial charge in [0.1, 0.15) is 17.3 Å². The number of aromatic nitrogens is 1.